The van der Waals surface area contributed by atoms with Crippen LogP contribution in [0.4, 0.5) is 0 Å². The van der Waals surface area contributed by atoms with Gasteiger partial charge in [-0.15, -0.1) is 0 Å². The molecule has 4 nitrogen and oxygen atoms in total. The van der Waals surface area contributed by atoms with E-state index in [4.69, 9.17) is 14.2 Å². The van der Waals surface area contributed by atoms with Crippen LogP contribution in [0, 0.1) is 0 Å². The summed E-state index contributed by atoms with van der Waals surface area (Å²) in [4.78, 5) is 11.5. The van der Waals surface area contributed by atoms with Crippen LogP contribution in [0.5, 0.6) is 0 Å². The lowest BCUT2D eigenvalue weighted by Crippen LogP contribution is -2.29. The second-order valence-corrected chi connectivity index (χ2v) is 5.73. The summed E-state index contributed by atoms with van der Waals surface area (Å²) in [5, 5.41) is 0. The zero-order valence-electron chi connectivity index (χ0n) is 12.2. The molecule has 0 amide bonds. The van der Waals surface area contributed by atoms with Gasteiger partial charge in [0.05, 0.1) is 31.5 Å². The van der Waals surface area contributed by atoms with E-state index in [1.807, 2.05) is 34.6 Å². The van der Waals surface area contributed by atoms with Crippen LogP contribution in [0.15, 0.2) is 12.8 Å². The van der Waals surface area contributed by atoms with Crippen molar-refractivity contribution >= 4 is 5.97 Å². The Morgan fingerprint density at radius 2 is 1.78 bits per heavy atom. The number of ether oxygens (including phenoxy) is 3. The number of carbonyl (C=O) groups excluding carboxylic acids is 1. The van der Waals surface area contributed by atoms with E-state index in [-0.39, 0.29) is 18.0 Å². The first-order valence-corrected chi connectivity index (χ1v) is 6.24. The van der Waals surface area contributed by atoms with Gasteiger partial charge in [-0.25, -0.2) is 0 Å². The van der Waals surface area contributed by atoms with Gasteiger partial charge in [-0.3, -0.25) is 4.79 Å². The summed E-state index contributed by atoms with van der Waals surface area (Å²) < 4.78 is 15.9. The molecule has 0 aromatic rings. The first kappa shape index (κ1) is 17.0. The standard InChI is InChI=1S/C14H26O4/c1-7-16-11-9-14(5,6)17-10-8-12(15)18-13(2,3)4/h7H,1,8-11H2,2-6H3. The topological polar surface area (TPSA) is 44.8 Å². The normalized spacial score (nSPS) is 12.1. The molecule has 0 unspecified atom stereocenters. The van der Waals surface area contributed by atoms with Gasteiger partial charge in [-0.1, -0.05) is 6.58 Å². The molecular formula is C14H26O4. The van der Waals surface area contributed by atoms with Gasteiger partial charge in [0.15, 0.2) is 0 Å². The molecule has 0 bridgehead atoms. The summed E-state index contributed by atoms with van der Waals surface area (Å²) in [6, 6.07) is 0. The van der Waals surface area contributed by atoms with Crippen LogP contribution in [-0.4, -0.2) is 30.4 Å². The van der Waals surface area contributed by atoms with Crippen molar-refractivity contribution in [2.24, 2.45) is 0 Å². The smallest absolute Gasteiger partial charge is 0.308 e. The van der Waals surface area contributed by atoms with Crippen LogP contribution >= 0.6 is 0 Å². The Morgan fingerprint density at radius 1 is 1.17 bits per heavy atom. The molecular weight excluding hydrogens is 232 g/mol. The number of rotatable bonds is 8. The highest BCUT2D eigenvalue weighted by molar-refractivity contribution is 5.69. The predicted octanol–water partition coefficient (Wildman–Crippen LogP) is 3.06. The average molecular weight is 258 g/mol. The molecule has 4 heteroatoms. The highest BCUT2D eigenvalue weighted by atomic mass is 16.6. The molecule has 0 N–H and O–H groups in total. The predicted molar refractivity (Wildman–Crippen MR) is 71.3 cm³/mol. The highest BCUT2D eigenvalue weighted by Crippen LogP contribution is 2.15. The summed E-state index contributed by atoms with van der Waals surface area (Å²) in [6.07, 6.45) is 2.42. The van der Waals surface area contributed by atoms with Gasteiger partial charge in [0, 0.05) is 6.42 Å². The Bertz CT molecular complexity index is 263. The number of carbonyl (C=O) groups is 1. The number of esters is 1. The SMILES string of the molecule is C=COCCC(C)(C)OCCC(=O)OC(C)(C)C. The quantitative estimate of drug-likeness (QED) is 0.381. The van der Waals surface area contributed by atoms with Gasteiger partial charge >= 0.3 is 5.97 Å². The Kier molecular flexibility index (Phi) is 6.99. The summed E-state index contributed by atoms with van der Waals surface area (Å²) in [5.74, 6) is -0.236. The zero-order valence-corrected chi connectivity index (χ0v) is 12.2. The minimum Gasteiger partial charge on any atom is -0.502 e. The van der Waals surface area contributed by atoms with Crippen LogP contribution in [0.3, 0.4) is 0 Å². The van der Waals surface area contributed by atoms with Crippen LogP contribution < -0.4 is 0 Å². The highest BCUT2D eigenvalue weighted by Gasteiger charge is 2.20. The van der Waals surface area contributed by atoms with Crippen molar-refractivity contribution in [2.45, 2.75) is 58.7 Å². The molecule has 0 saturated heterocycles. The van der Waals surface area contributed by atoms with E-state index in [1.54, 1.807) is 0 Å². The maximum absolute atomic E-state index is 11.5. The number of hydrogen-bond donors (Lipinski definition) is 0. The molecule has 0 heterocycles. The van der Waals surface area contributed by atoms with E-state index in [0.717, 1.165) is 6.42 Å². The van der Waals surface area contributed by atoms with Gasteiger partial charge in [0.1, 0.15) is 5.60 Å². The first-order chi connectivity index (χ1) is 8.16. The summed E-state index contributed by atoms with van der Waals surface area (Å²) in [5.41, 5.74) is -0.755. The first-order valence-electron chi connectivity index (χ1n) is 6.24. The zero-order chi connectivity index (χ0) is 14.2. The van der Waals surface area contributed by atoms with E-state index in [2.05, 4.69) is 6.58 Å². The lowest BCUT2D eigenvalue weighted by atomic mass is 10.1. The molecule has 0 radical (unpaired) electrons. The molecule has 0 aliphatic carbocycles. The van der Waals surface area contributed by atoms with Gasteiger partial charge in [-0.05, 0) is 34.6 Å². The Labute approximate surface area is 110 Å². The molecule has 0 atom stereocenters. The fraction of sp³-hybridized carbons (Fsp3) is 0.786. The van der Waals surface area contributed by atoms with Gasteiger partial charge in [0.25, 0.3) is 0 Å². The summed E-state index contributed by atoms with van der Waals surface area (Å²) in [7, 11) is 0. The van der Waals surface area contributed by atoms with Gasteiger partial charge in [-0.2, -0.15) is 0 Å². The van der Waals surface area contributed by atoms with E-state index < -0.39 is 5.60 Å². The molecule has 0 aromatic carbocycles. The van der Waals surface area contributed by atoms with E-state index in [0.29, 0.717) is 13.2 Å². The third kappa shape index (κ3) is 10.1. The van der Waals surface area contributed by atoms with Crippen molar-refractivity contribution in [3.05, 3.63) is 12.8 Å². The lowest BCUT2D eigenvalue weighted by molar-refractivity contribution is -0.157. The van der Waals surface area contributed by atoms with E-state index in [9.17, 15) is 4.79 Å². The van der Waals surface area contributed by atoms with Crippen LogP contribution in [0.25, 0.3) is 0 Å². The molecule has 0 saturated carbocycles. The van der Waals surface area contributed by atoms with Crippen LogP contribution in [0.2, 0.25) is 0 Å². The largest absolute Gasteiger partial charge is 0.502 e. The third-order valence-corrected chi connectivity index (χ3v) is 2.16. The molecule has 106 valence electrons. The Balaban J connectivity index is 3.81. The van der Waals surface area contributed by atoms with Gasteiger partial charge < -0.3 is 14.2 Å². The maximum atomic E-state index is 11.5. The fourth-order valence-corrected chi connectivity index (χ4v) is 1.26. The van der Waals surface area contributed by atoms with Gasteiger partial charge in [0.2, 0.25) is 0 Å². The molecule has 0 aliphatic heterocycles. The van der Waals surface area contributed by atoms with E-state index in [1.165, 1.54) is 6.26 Å². The summed E-state index contributed by atoms with van der Waals surface area (Å²) in [6.45, 7) is 13.9. The monoisotopic (exact) mass is 258 g/mol. The van der Waals surface area contributed by atoms with E-state index >= 15 is 0 Å². The van der Waals surface area contributed by atoms with Crippen LogP contribution in [0.1, 0.15) is 47.5 Å². The second kappa shape index (κ2) is 7.41. The average Bonchev–Trinajstić information content (AvgIpc) is 2.14. The third-order valence-electron chi connectivity index (χ3n) is 2.16. The van der Waals surface area contributed by atoms with Crippen molar-refractivity contribution in [1.29, 1.82) is 0 Å². The summed E-state index contributed by atoms with van der Waals surface area (Å²) >= 11 is 0. The minimum atomic E-state index is -0.440. The van der Waals surface area contributed by atoms with Crippen molar-refractivity contribution in [1.82, 2.24) is 0 Å². The molecule has 0 spiro atoms. The van der Waals surface area contributed by atoms with Crippen LogP contribution in [-0.2, 0) is 19.0 Å². The van der Waals surface area contributed by atoms with Crippen molar-refractivity contribution in [2.75, 3.05) is 13.2 Å². The Hall–Kier alpha value is -1.03. The number of hydrogen-bond acceptors (Lipinski definition) is 4. The van der Waals surface area contributed by atoms with Crippen molar-refractivity contribution < 1.29 is 19.0 Å². The molecule has 18 heavy (non-hydrogen) atoms. The second-order valence-electron chi connectivity index (χ2n) is 5.73. The lowest BCUT2D eigenvalue weighted by Gasteiger charge is -2.25. The van der Waals surface area contributed by atoms with Crippen molar-refractivity contribution in [3.63, 3.8) is 0 Å². The minimum absolute atomic E-state index is 0.236. The Morgan fingerprint density at radius 3 is 2.28 bits per heavy atom. The van der Waals surface area contributed by atoms with Crippen molar-refractivity contribution in [3.8, 4) is 0 Å². The molecule has 0 aliphatic rings. The molecule has 0 fully saturated rings. The maximum Gasteiger partial charge on any atom is 0.308 e. The molecule has 0 rings (SSSR count). The fourth-order valence-electron chi connectivity index (χ4n) is 1.26. The molecule has 0 aromatic heterocycles.